The third-order valence-electron chi connectivity index (χ3n) is 5.74. The minimum Gasteiger partial charge on any atom is -0.480 e. The molecular weight excluding hydrogens is 449 g/mol. The minimum atomic E-state index is -1.20. The summed E-state index contributed by atoms with van der Waals surface area (Å²) < 4.78 is 29.4. The largest absolute Gasteiger partial charge is 0.480 e. The van der Waals surface area contributed by atoms with Crippen LogP contribution in [0.2, 0.25) is 10.0 Å². The first kappa shape index (κ1) is 23.9. The third-order valence-corrected chi connectivity index (χ3v) is 6.25. The van der Waals surface area contributed by atoms with Crippen LogP contribution >= 0.6 is 23.2 Å². The molecule has 1 fully saturated rings. The molecule has 0 saturated carbocycles. The summed E-state index contributed by atoms with van der Waals surface area (Å²) in [6.07, 6.45) is 0.369. The molecule has 1 aliphatic rings. The molecule has 5 N–H and O–H groups in total. The Morgan fingerprint density at radius 1 is 1.23 bits per heavy atom. The van der Waals surface area contributed by atoms with E-state index in [1.807, 2.05) is 13.8 Å². The van der Waals surface area contributed by atoms with Crippen LogP contribution in [0.3, 0.4) is 0 Å². The molecule has 0 aliphatic carbocycles. The molecule has 1 aliphatic heterocycles. The summed E-state index contributed by atoms with van der Waals surface area (Å²) in [6, 6.07) is 4.09. The summed E-state index contributed by atoms with van der Waals surface area (Å²) in [5.41, 5.74) is 6.46. The normalized spacial score (nSPS) is 23.9. The highest BCUT2D eigenvalue weighted by Crippen LogP contribution is 2.42. The zero-order chi connectivity index (χ0) is 23.1. The van der Waals surface area contributed by atoms with Gasteiger partial charge in [-0.15, -0.1) is 0 Å². The van der Waals surface area contributed by atoms with Gasteiger partial charge in [0.25, 0.3) is 0 Å². The van der Waals surface area contributed by atoms with Crippen LogP contribution in [0.15, 0.2) is 30.3 Å². The lowest BCUT2D eigenvalue weighted by Gasteiger charge is -2.29. The SMILES string of the molecule is CC(C)(CO)C[C@@H]1N[C@@H](C(=O)O)[C@H](c2c(-c3cc(F)cc(Cl)c3)ccc(Cl)c2F)C1N. The van der Waals surface area contributed by atoms with Crippen LogP contribution in [0.5, 0.6) is 0 Å². The van der Waals surface area contributed by atoms with Crippen LogP contribution in [-0.4, -0.2) is 40.9 Å². The average molecular weight is 473 g/mol. The fraction of sp³-hybridized carbons (Fsp3) is 0.409. The maximum atomic E-state index is 15.4. The number of carboxylic acids is 1. The molecule has 0 aromatic heterocycles. The highest BCUT2D eigenvalue weighted by atomic mass is 35.5. The van der Waals surface area contributed by atoms with E-state index in [1.165, 1.54) is 24.3 Å². The first-order chi connectivity index (χ1) is 14.4. The summed E-state index contributed by atoms with van der Waals surface area (Å²) in [5.74, 6) is -3.62. The molecule has 9 heteroatoms. The van der Waals surface area contributed by atoms with Gasteiger partial charge in [0, 0.05) is 35.2 Å². The summed E-state index contributed by atoms with van der Waals surface area (Å²) in [4.78, 5) is 12.1. The highest BCUT2D eigenvalue weighted by Gasteiger charge is 2.48. The Bertz CT molecular complexity index is 983. The van der Waals surface area contributed by atoms with Crippen molar-refractivity contribution >= 4 is 29.2 Å². The Morgan fingerprint density at radius 2 is 1.90 bits per heavy atom. The van der Waals surface area contributed by atoms with E-state index in [9.17, 15) is 19.4 Å². The Hall–Kier alpha value is -1.77. The molecule has 4 atom stereocenters. The number of rotatable bonds is 6. The number of nitrogens with two attached hydrogens (primary N) is 1. The molecule has 1 unspecified atom stereocenters. The Morgan fingerprint density at radius 3 is 2.48 bits per heavy atom. The van der Waals surface area contributed by atoms with E-state index in [0.29, 0.717) is 6.42 Å². The summed E-state index contributed by atoms with van der Waals surface area (Å²) in [5, 5.41) is 22.4. The molecule has 1 saturated heterocycles. The molecule has 0 spiro atoms. The van der Waals surface area contributed by atoms with E-state index in [-0.39, 0.29) is 33.3 Å². The van der Waals surface area contributed by atoms with Crippen molar-refractivity contribution in [2.24, 2.45) is 11.1 Å². The fourth-order valence-electron chi connectivity index (χ4n) is 4.21. The lowest BCUT2D eigenvalue weighted by molar-refractivity contribution is -0.139. The van der Waals surface area contributed by atoms with E-state index >= 15 is 4.39 Å². The average Bonchev–Trinajstić information content (AvgIpc) is 2.99. The van der Waals surface area contributed by atoms with Crippen molar-refractivity contribution in [2.45, 2.75) is 44.3 Å². The number of hydrogen-bond donors (Lipinski definition) is 4. The van der Waals surface area contributed by atoms with Crippen molar-refractivity contribution in [3.63, 3.8) is 0 Å². The number of hydrogen-bond acceptors (Lipinski definition) is 4. The Labute approximate surface area is 189 Å². The number of nitrogens with one attached hydrogen (secondary N) is 1. The molecule has 31 heavy (non-hydrogen) atoms. The van der Waals surface area contributed by atoms with Gasteiger partial charge >= 0.3 is 5.97 Å². The molecule has 1 heterocycles. The van der Waals surface area contributed by atoms with Crippen LogP contribution in [0, 0.1) is 17.0 Å². The monoisotopic (exact) mass is 472 g/mol. The molecule has 0 bridgehead atoms. The van der Waals surface area contributed by atoms with Gasteiger partial charge < -0.3 is 15.9 Å². The summed E-state index contributed by atoms with van der Waals surface area (Å²) >= 11 is 12.0. The molecule has 5 nitrogen and oxygen atoms in total. The van der Waals surface area contributed by atoms with Crippen molar-refractivity contribution in [3.05, 3.63) is 57.6 Å². The van der Waals surface area contributed by atoms with Gasteiger partial charge in [0.05, 0.1) is 5.02 Å². The van der Waals surface area contributed by atoms with Crippen LogP contribution < -0.4 is 11.1 Å². The van der Waals surface area contributed by atoms with E-state index in [1.54, 1.807) is 0 Å². The lowest BCUT2D eigenvalue weighted by atomic mass is 9.79. The maximum absolute atomic E-state index is 15.4. The predicted molar refractivity (Wildman–Crippen MR) is 116 cm³/mol. The van der Waals surface area contributed by atoms with E-state index in [2.05, 4.69) is 5.32 Å². The standard InChI is InChI=1S/C22H24Cl2F2N2O3/c1-22(2,9-29)8-15-19(27)17(20(28-15)21(30)31)16-13(3-4-14(24)18(16)26)10-5-11(23)7-12(25)6-10/h3-7,15,17,19-20,28-29H,8-9,27H2,1-2H3,(H,30,31)/t15-,17+,19?,20+/m0/s1. The van der Waals surface area contributed by atoms with Gasteiger partial charge in [-0.3, -0.25) is 10.1 Å². The second-order valence-electron chi connectivity index (χ2n) is 8.70. The van der Waals surface area contributed by atoms with Crippen molar-refractivity contribution in [1.29, 1.82) is 0 Å². The number of aliphatic hydroxyl groups is 1. The van der Waals surface area contributed by atoms with Crippen LogP contribution in [0.4, 0.5) is 8.78 Å². The Balaban J connectivity index is 2.17. The summed E-state index contributed by atoms with van der Waals surface area (Å²) in [7, 11) is 0. The van der Waals surface area contributed by atoms with Gasteiger partial charge in [-0.2, -0.15) is 0 Å². The number of benzene rings is 2. The maximum Gasteiger partial charge on any atom is 0.321 e. The second kappa shape index (κ2) is 9.00. The Kier molecular flexibility index (Phi) is 6.93. The van der Waals surface area contributed by atoms with Gasteiger partial charge in [-0.1, -0.05) is 43.1 Å². The molecule has 2 aromatic rings. The van der Waals surface area contributed by atoms with Gasteiger partial charge in [-0.05, 0) is 47.2 Å². The van der Waals surface area contributed by atoms with Gasteiger partial charge in [-0.25, -0.2) is 8.78 Å². The molecule has 2 aromatic carbocycles. The third kappa shape index (κ3) is 4.86. The minimum absolute atomic E-state index is 0.00845. The van der Waals surface area contributed by atoms with E-state index in [0.717, 1.165) is 6.07 Å². The van der Waals surface area contributed by atoms with Crippen LogP contribution in [0.25, 0.3) is 11.1 Å². The smallest absolute Gasteiger partial charge is 0.321 e. The van der Waals surface area contributed by atoms with Gasteiger partial charge in [0.2, 0.25) is 0 Å². The number of carbonyl (C=O) groups is 1. The van der Waals surface area contributed by atoms with Crippen molar-refractivity contribution in [3.8, 4) is 11.1 Å². The van der Waals surface area contributed by atoms with Crippen LogP contribution in [0.1, 0.15) is 31.7 Å². The molecule has 0 amide bonds. The second-order valence-corrected chi connectivity index (χ2v) is 9.54. The van der Waals surface area contributed by atoms with Crippen molar-refractivity contribution in [1.82, 2.24) is 5.32 Å². The van der Waals surface area contributed by atoms with E-state index < -0.39 is 47.1 Å². The van der Waals surface area contributed by atoms with Crippen molar-refractivity contribution in [2.75, 3.05) is 6.61 Å². The topological polar surface area (TPSA) is 95.6 Å². The van der Waals surface area contributed by atoms with Gasteiger partial charge in [0.15, 0.2) is 0 Å². The highest BCUT2D eigenvalue weighted by molar-refractivity contribution is 6.31. The molecule has 168 valence electrons. The van der Waals surface area contributed by atoms with Crippen molar-refractivity contribution < 1.29 is 23.8 Å². The zero-order valence-electron chi connectivity index (χ0n) is 17.0. The first-order valence-electron chi connectivity index (χ1n) is 9.75. The van der Waals surface area contributed by atoms with Crippen LogP contribution in [-0.2, 0) is 4.79 Å². The first-order valence-corrected chi connectivity index (χ1v) is 10.5. The zero-order valence-corrected chi connectivity index (χ0v) is 18.5. The molecule has 3 rings (SSSR count). The number of halogens is 4. The molecular formula is C22H24Cl2F2N2O3. The number of aliphatic hydroxyl groups excluding tert-OH is 1. The lowest BCUT2D eigenvalue weighted by Crippen LogP contribution is -2.42. The number of aliphatic carboxylic acids is 1. The molecule has 0 radical (unpaired) electrons. The predicted octanol–water partition coefficient (Wildman–Crippen LogP) is 4.18. The van der Waals surface area contributed by atoms with E-state index in [4.69, 9.17) is 28.9 Å². The quantitative estimate of drug-likeness (QED) is 0.505. The van der Waals surface area contributed by atoms with Gasteiger partial charge in [0.1, 0.15) is 17.7 Å². The fourth-order valence-corrected chi connectivity index (χ4v) is 4.60. The number of carboxylic acid groups (broad SMARTS) is 1. The summed E-state index contributed by atoms with van der Waals surface area (Å²) in [6.45, 7) is 3.52.